The molecule has 0 unspecified atom stereocenters. The molecule has 0 aromatic carbocycles. The summed E-state index contributed by atoms with van der Waals surface area (Å²) in [6.45, 7) is 5.97. The van der Waals surface area contributed by atoms with Crippen molar-refractivity contribution >= 4 is 5.84 Å². The van der Waals surface area contributed by atoms with Crippen LogP contribution in [0.15, 0.2) is 0 Å². The molecule has 5 heteroatoms. The van der Waals surface area contributed by atoms with E-state index in [1.54, 1.807) is 27.7 Å². The molecule has 0 amide bonds. The van der Waals surface area contributed by atoms with Crippen LogP contribution in [-0.2, 0) is 0 Å². The van der Waals surface area contributed by atoms with Gasteiger partial charge in [-0.2, -0.15) is 13.2 Å². The normalized spacial score (nSPS) is 12.8. The molecule has 0 fully saturated rings. The van der Waals surface area contributed by atoms with Crippen LogP contribution in [0, 0.1) is 10.8 Å². The van der Waals surface area contributed by atoms with E-state index in [1.807, 2.05) is 0 Å². The van der Waals surface area contributed by atoms with E-state index in [-0.39, 0.29) is 12.4 Å². The lowest BCUT2D eigenvalue weighted by Crippen LogP contribution is -2.43. The second-order valence-electron chi connectivity index (χ2n) is 4.23. The highest BCUT2D eigenvalue weighted by molar-refractivity contribution is 5.84. The van der Waals surface area contributed by atoms with Gasteiger partial charge in [-0.3, -0.25) is 5.41 Å². The highest BCUT2D eigenvalue weighted by Crippen LogP contribution is 2.22. The minimum atomic E-state index is -4.24. The molecule has 0 saturated heterocycles. The predicted molar refractivity (Wildman–Crippen MR) is 50.5 cm³/mol. The topological polar surface area (TPSA) is 27.1 Å². The molecule has 1 N–H and O–H groups in total. The summed E-state index contributed by atoms with van der Waals surface area (Å²) in [5.74, 6) is 0.0253. The Kier molecular flexibility index (Phi) is 3.97. The van der Waals surface area contributed by atoms with Gasteiger partial charge in [-0.05, 0) is 6.92 Å². The Balaban J connectivity index is 4.51. The zero-order valence-electron chi connectivity index (χ0n) is 9.00. The van der Waals surface area contributed by atoms with Crippen LogP contribution in [0.2, 0.25) is 0 Å². The molecule has 0 aliphatic rings. The average molecular weight is 210 g/mol. The molecule has 0 aliphatic heterocycles. The lowest BCUT2D eigenvalue weighted by molar-refractivity contribution is -0.138. The van der Waals surface area contributed by atoms with Crippen LogP contribution in [0.5, 0.6) is 0 Å². The van der Waals surface area contributed by atoms with Crippen LogP contribution in [0.3, 0.4) is 0 Å². The van der Waals surface area contributed by atoms with Gasteiger partial charge >= 0.3 is 6.18 Å². The highest BCUT2D eigenvalue weighted by Gasteiger charge is 2.33. The zero-order chi connectivity index (χ0) is 11.6. The summed E-state index contributed by atoms with van der Waals surface area (Å²) in [7, 11) is 0. The molecule has 14 heavy (non-hydrogen) atoms. The molecule has 0 spiro atoms. The van der Waals surface area contributed by atoms with E-state index < -0.39 is 18.1 Å². The van der Waals surface area contributed by atoms with E-state index in [9.17, 15) is 13.2 Å². The van der Waals surface area contributed by atoms with Gasteiger partial charge < -0.3 is 4.90 Å². The van der Waals surface area contributed by atoms with Crippen molar-refractivity contribution in [3.8, 4) is 0 Å². The van der Waals surface area contributed by atoms with Gasteiger partial charge in [-0.15, -0.1) is 0 Å². The molecule has 0 aromatic rings. The number of hydrogen-bond acceptors (Lipinski definition) is 1. The number of halogens is 3. The summed E-state index contributed by atoms with van der Waals surface area (Å²) in [5, 5.41) is 7.60. The summed E-state index contributed by atoms with van der Waals surface area (Å²) in [5.41, 5.74) is -0.540. The van der Waals surface area contributed by atoms with Crippen molar-refractivity contribution in [2.75, 3.05) is 13.1 Å². The second kappa shape index (κ2) is 4.19. The Morgan fingerprint density at radius 2 is 1.64 bits per heavy atom. The maximum Gasteiger partial charge on any atom is 0.405 e. The van der Waals surface area contributed by atoms with Gasteiger partial charge in [0.1, 0.15) is 12.4 Å². The van der Waals surface area contributed by atoms with E-state index >= 15 is 0 Å². The molecule has 0 radical (unpaired) electrons. The van der Waals surface area contributed by atoms with Gasteiger partial charge in [0.2, 0.25) is 0 Å². The smallest absolute Gasteiger partial charge is 0.351 e. The summed E-state index contributed by atoms with van der Waals surface area (Å²) < 4.78 is 36.3. The average Bonchev–Trinajstić information content (AvgIpc) is 1.95. The van der Waals surface area contributed by atoms with Gasteiger partial charge in [-0.1, -0.05) is 20.8 Å². The van der Waals surface area contributed by atoms with Crippen LogP contribution < -0.4 is 0 Å². The molecule has 2 nitrogen and oxygen atoms in total. The summed E-state index contributed by atoms with van der Waals surface area (Å²) in [6.07, 6.45) is -4.24. The largest absolute Gasteiger partial charge is 0.405 e. The third kappa shape index (κ3) is 4.48. The van der Waals surface area contributed by atoms with Crippen LogP contribution in [0.4, 0.5) is 13.2 Å². The molecule has 0 rings (SSSR count). The molecular weight excluding hydrogens is 193 g/mol. The SMILES string of the molecule is CCN(CC(F)(F)F)C(=N)C(C)(C)C. The maximum absolute atomic E-state index is 12.1. The van der Waals surface area contributed by atoms with Crippen LogP contribution in [0.25, 0.3) is 0 Å². The van der Waals surface area contributed by atoms with Crippen LogP contribution in [-0.4, -0.2) is 30.0 Å². The third-order valence-corrected chi connectivity index (χ3v) is 1.78. The van der Waals surface area contributed by atoms with Crippen LogP contribution in [0.1, 0.15) is 27.7 Å². The molecule has 84 valence electrons. The van der Waals surface area contributed by atoms with Crippen molar-refractivity contribution in [3.05, 3.63) is 0 Å². The minimum absolute atomic E-state index is 0.0253. The zero-order valence-corrected chi connectivity index (χ0v) is 9.00. The van der Waals surface area contributed by atoms with Crippen molar-refractivity contribution < 1.29 is 13.2 Å². The first-order chi connectivity index (χ1) is 6.08. The van der Waals surface area contributed by atoms with Crippen molar-refractivity contribution in [1.29, 1.82) is 5.41 Å². The molecule has 0 aromatic heterocycles. The minimum Gasteiger partial charge on any atom is -0.351 e. The van der Waals surface area contributed by atoms with Crippen molar-refractivity contribution in [2.24, 2.45) is 5.41 Å². The van der Waals surface area contributed by atoms with E-state index in [0.717, 1.165) is 4.90 Å². The first-order valence-electron chi connectivity index (χ1n) is 4.48. The number of nitrogens with one attached hydrogen (secondary N) is 1. The van der Waals surface area contributed by atoms with E-state index in [0.29, 0.717) is 0 Å². The summed E-state index contributed by atoms with van der Waals surface area (Å²) >= 11 is 0. The maximum atomic E-state index is 12.1. The van der Waals surface area contributed by atoms with Gasteiger partial charge in [0.25, 0.3) is 0 Å². The number of nitrogens with zero attached hydrogens (tertiary/aromatic N) is 1. The number of amidine groups is 1. The Morgan fingerprint density at radius 1 is 1.21 bits per heavy atom. The first-order valence-corrected chi connectivity index (χ1v) is 4.48. The van der Waals surface area contributed by atoms with Gasteiger partial charge in [0.15, 0.2) is 0 Å². The molecule has 0 atom stereocenters. The first kappa shape index (κ1) is 13.3. The van der Waals surface area contributed by atoms with E-state index in [1.165, 1.54) is 0 Å². The predicted octanol–water partition coefficient (Wildman–Crippen LogP) is 2.89. The van der Waals surface area contributed by atoms with Gasteiger partial charge in [0.05, 0.1) is 0 Å². The molecule has 0 aliphatic carbocycles. The second-order valence-corrected chi connectivity index (χ2v) is 4.23. The van der Waals surface area contributed by atoms with Crippen LogP contribution >= 0.6 is 0 Å². The fraction of sp³-hybridized carbons (Fsp3) is 0.889. The fourth-order valence-corrected chi connectivity index (χ4v) is 1.04. The Labute approximate surface area is 82.6 Å². The molecule has 0 heterocycles. The summed E-state index contributed by atoms with van der Waals surface area (Å²) in [6, 6.07) is 0. The number of alkyl halides is 3. The Bertz CT molecular complexity index is 203. The molecule has 0 saturated carbocycles. The van der Waals surface area contributed by atoms with Crippen molar-refractivity contribution in [3.63, 3.8) is 0 Å². The highest BCUT2D eigenvalue weighted by atomic mass is 19.4. The number of rotatable bonds is 2. The third-order valence-electron chi connectivity index (χ3n) is 1.78. The Hall–Kier alpha value is -0.740. The lowest BCUT2D eigenvalue weighted by atomic mass is 9.94. The van der Waals surface area contributed by atoms with Crippen molar-refractivity contribution in [1.82, 2.24) is 4.90 Å². The van der Waals surface area contributed by atoms with E-state index in [2.05, 4.69) is 0 Å². The molecule has 0 bridgehead atoms. The lowest BCUT2D eigenvalue weighted by Gasteiger charge is -2.32. The standard InChI is InChI=1S/C9H17F3N2/c1-5-14(6-9(10,11)12)7(13)8(2,3)4/h13H,5-6H2,1-4H3. The van der Waals surface area contributed by atoms with Crippen molar-refractivity contribution in [2.45, 2.75) is 33.9 Å². The van der Waals surface area contributed by atoms with Gasteiger partial charge in [-0.25, -0.2) is 0 Å². The van der Waals surface area contributed by atoms with E-state index in [4.69, 9.17) is 5.41 Å². The molecular formula is C9H17F3N2. The Morgan fingerprint density at radius 3 is 1.86 bits per heavy atom. The van der Waals surface area contributed by atoms with Gasteiger partial charge in [0, 0.05) is 12.0 Å². The summed E-state index contributed by atoms with van der Waals surface area (Å²) in [4.78, 5) is 1.04. The fourth-order valence-electron chi connectivity index (χ4n) is 1.04. The quantitative estimate of drug-likeness (QED) is 0.550. The number of hydrogen-bond donors (Lipinski definition) is 1. The monoisotopic (exact) mass is 210 g/mol.